The standard InChI is InChI=1S/C16H21N3O2/c1-3-19-12-14(11-17-19)18-16(20)13(2)9-10-21-15-7-5-4-6-8-15/h4-8,11-13H,3,9-10H2,1-2H3,(H,18,20). The molecule has 0 bridgehead atoms. The number of anilines is 1. The van der Waals surface area contributed by atoms with E-state index in [9.17, 15) is 4.79 Å². The molecule has 0 saturated heterocycles. The molecule has 2 aromatic rings. The molecule has 0 spiro atoms. The Morgan fingerprint density at radius 1 is 1.38 bits per heavy atom. The van der Waals surface area contributed by atoms with Crippen LogP contribution in [0.2, 0.25) is 0 Å². The van der Waals surface area contributed by atoms with E-state index in [2.05, 4.69) is 10.4 Å². The second kappa shape index (κ2) is 7.47. The highest BCUT2D eigenvalue weighted by molar-refractivity contribution is 5.91. The van der Waals surface area contributed by atoms with Crippen LogP contribution in [0, 0.1) is 5.92 Å². The molecule has 1 unspecified atom stereocenters. The van der Waals surface area contributed by atoms with Crippen LogP contribution in [0.15, 0.2) is 42.7 Å². The Morgan fingerprint density at radius 3 is 2.81 bits per heavy atom. The summed E-state index contributed by atoms with van der Waals surface area (Å²) in [6, 6.07) is 9.61. The van der Waals surface area contributed by atoms with Crippen LogP contribution in [0.3, 0.4) is 0 Å². The van der Waals surface area contributed by atoms with Crippen LogP contribution < -0.4 is 10.1 Å². The van der Waals surface area contributed by atoms with E-state index in [4.69, 9.17) is 4.74 Å². The van der Waals surface area contributed by atoms with Gasteiger partial charge in [0.25, 0.3) is 0 Å². The molecule has 1 aromatic carbocycles. The fourth-order valence-corrected chi connectivity index (χ4v) is 1.87. The van der Waals surface area contributed by atoms with Gasteiger partial charge >= 0.3 is 0 Å². The molecule has 1 aromatic heterocycles. The van der Waals surface area contributed by atoms with Crippen molar-refractivity contribution >= 4 is 11.6 Å². The zero-order chi connectivity index (χ0) is 15.1. The maximum Gasteiger partial charge on any atom is 0.227 e. The highest BCUT2D eigenvalue weighted by Gasteiger charge is 2.13. The number of aryl methyl sites for hydroxylation is 1. The molecule has 1 amide bonds. The Balaban J connectivity index is 1.74. The van der Waals surface area contributed by atoms with Gasteiger partial charge in [-0.1, -0.05) is 25.1 Å². The number of aromatic nitrogens is 2. The summed E-state index contributed by atoms with van der Waals surface area (Å²) in [6.45, 7) is 5.21. The van der Waals surface area contributed by atoms with Crippen molar-refractivity contribution in [2.45, 2.75) is 26.8 Å². The number of nitrogens with one attached hydrogen (secondary N) is 1. The molecule has 2 rings (SSSR count). The predicted molar refractivity (Wildman–Crippen MR) is 82.2 cm³/mol. The molecular weight excluding hydrogens is 266 g/mol. The van der Waals surface area contributed by atoms with E-state index in [-0.39, 0.29) is 11.8 Å². The summed E-state index contributed by atoms with van der Waals surface area (Å²) in [4.78, 5) is 12.0. The number of nitrogens with zero attached hydrogens (tertiary/aromatic N) is 2. The number of benzene rings is 1. The molecule has 5 heteroatoms. The number of para-hydroxylation sites is 1. The molecule has 0 saturated carbocycles. The fourth-order valence-electron chi connectivity index (χ4n) is 1.87. The smallest absolute Gasteiger partial charge is 0.227 e. The lowest BCUT2D eigenvalue weighted by molar-refractivity contribution is -0.119. The lowest BCUT2D eigenvalue weighted by Gasteiger charge is -2.12. The van der Waals surface area contributed by atoms with E-state index < -0.39 is 0 Å². The van der Waals surface area contributed by atoms with Crippen molar-refractivity contribution in [3.8, 4) is 5.75 Å². The Morgan fingerprint density at radius 2 is 2.14 bits per heavy atom. The second-order valence-electron chi connectivity index (χ2n) is 4.93. The summed E-state index contributed by atoms with van der Waals surface area (Å²) < 4.78 is 7.38. The van der Waals surface area contributed by atoms with Crippen LogP contribution in [0.1, 0.15) is 20.3 Å². The molecule has 0 fully saturated rings. The van der Waals surface area contributed by atoms with Crippen molar-refractivity contribution in [1.82, 2.24) is 9.78 Å². The third-order valence-corrected chi connectivity index (χ3v) is 3.24. The predicted octanol–water partition coefficient (Wildman–Crippen LogP) is 2.95. The summed E-state index contributed by atoms with van der Waals surface area (Å²) in [6.07, 6.45) is 4.16. The molecule has 1 atom stereocenters. The number of amides is 1. The Kier molecular flexibility index (Phi) is 5.37. The number of hydrogen-bond donors (Lipinski definition) is 1. The van der Waals surface area contributed by atoms with Crippen LogP contribution >= 0.6 is 0 Å². The molecule has 0 radical (unpaired) electrons. The Bertz CT molecular complexity index is 566. The van der Waals surface area contributed by atoms with Crippen LogP contribution in [0.25, 0.3) is 0 Å². The van der Waals surface area contributed by atoms with Crippen molar-refractivity contribution in [3.05, 3.63) is 42.7 Å². The van der Waals surface area contributed by atoms with Crippen molar-refractivity contribution in [1.29, 1.82) is 0 Å². The van der Waals surface area contributed by atoms with Gasteiger partial charge in [-0.05, 0) is 25.5 Å². The summed E-state index contributed by atoms with van der Waals surface area (Å²) in [7, 11) is 0. The van der Waals surface area contributed by atoms with Gasteiger partial charge in [-0.2, -0.15) is 5.10 Å². The van der Waals surface area contributed by atoms with E-state index in [0.29, 0.717) is 13.0 Å². The summed E-state index contributed by atoms with van der Waals surface area (Å²) in [5.41, 5.74) is 0.734. The normalized spacial score (nSPS) is 11.9. The SMILES string of the molecule is CCn1cc(NC(=O)C(C)CCOc2ccccc2)cn1. The van der Waals surface area contributed by atoms with Gasteiger partial charge in [0.15, 0.2) is 0 Å². The minimum atomic E-state index is -0.112. The van der Waals surface area contributed by atoms with E-state index in [1.807, 2.05) is 50.4 Å². The minimum Gasteiger partial charge on any atom is -0.494 e. The van der Waals surface area contributed by atoms with Gasteiger partial charge in [0, 0.05) is 18.7 Å². The van der Waals surface area contributed by atoms with Crippen molar-refractivity contribution in [2.75, 3.05) is 11.9 Å². The molecule has 5 nitrogen and oxygen atoms in total. The lowest BCUT2D eigenvalue weighted by atomic mass is 10.1. The highest BCUT2D eigenvalue weighted by atomic mass is 16.5. The minimum absolute atomic E-state index is 0.0117. The third-order valence-electron chi connectivity index (χ3n) is 3.24. The maximum absolute atomic E-state index is 12.0. The van der Waals surface area contributed by atoms with Gasteiger partial charge in [-0.25, -0.2) is 0 Å². The first kappa shape index (κ1) is 15.1. The van der Waals surface area contributed by atoms with E-state index in [1.165, 1.54) is 0 Å². The molecule has 0 aliphatic carbocycles. The van der Waals surface area contributed by atoms with Gasteiger partial charge in [0.05, 0.1) is 18.5 Å². The van der Waals surface area contributed by atoms with Crippen molar-refractivity contribution in [2.24, 2.45) is 5.92 Å². The van der Waals surface area contributed by atoms with Crippen molar-refractivity contribution < 1.29 is 9.53 Å². The van der Waals surface area contributed by atoms with E-state index in [0.717, 1.165) is 18.0 Å². The monoisotopic (exact) mass is 287 g/mol. The third kappa shape index (κ3) is 4.63. The van der Waals surface area contributed by atoms with E-state index in [1.54, 1.807) is 10.9 Å². The number of hydrogen-bond acceptors (Lipinski definition) is 3. The van der Waals surface area contributed by atoms with Gasteiger partial charge in [-0.3, -0.25) is 9.48 Å². The van der Waals surface area contributed by atoms with Gasteiger partial charge in [0.2, 0.25) is 5.91 Å². The highest BCUT2D eigenvalue weighted by Crippen LogP contribution is 2.12. The zero-order valence-electron chi connectivity index (χ0n) is 12.5. The van der Waals surface area contributed by atoms with E-state index >= 15 is 0 Å². The first-order valence-electron chi connectivity index (χ1n) is 7.20. The van der Waals surface area contributed by atoms with Crippen LogP contribution in [-0.4, -0.2) is 22.3 Å². The average molecular weight is 287 g/mol. The first-order chi connectivity index (χ1) is 10.2. The Hall–Kier alpha value is -2.30. The van der Waals surface area contributed by atoms with Gasteiger partial charge in [0.1, 0.15) is 5.75 Å². The topological polar surface area (TPSA) is 56.2 Å². The molecule has 0 aliphatic heterocycles. The summed E-state index contributed by atoms with van der Waals surface area (Å²) in [5, 5.41) is 6.99. The average Bonchev–Trinajstić information content (AvgIpc) is 2.96. The molecule has 0 aliphatic rings. The number of ether oxygens (including phenoxy) is 1. The Labute approximate surface area is 124 Å². The quantitative estimate of drug-likeness (QED) is 0.851. The zero-order valence-corrected chi connectivity index (χ0v) is 12.5. The molecular formula is C16H21N3O2. The molecule has 112 valence electrons. The largest absolute Gasteiger partial charge is 0.494 e. The summed E-state index contributed by atoms with van der Waals surface area (Å²) >= 11 is 0. The number of carbonyl (C=O) groups excluding carboxylic acids is 1. The van der Waals surface area contributed by atoms with Crippen LogP contribution in [-0.2, 0) is 11.3 Å². The number of carbonyl (C=O) groups is 1. The summed E-state index contributed by atoms with van der Waals surface area (Å²) in [5.74, 6) is 0.704. The van der Waals surface area contributed by atoms with Crippen molar-refractivity contribution in [3.63, 3.8) is 0 Å². The van der Waals surface area contributed by atoms with Gasteiger partial charge in [-0.15, -0.1) is 0 Å². The van der Waals surface area contributed by atoms with Crippen LogP contribution in [0.5, 0.6) is 5.75 Å². The maximum atomic E-state index is 12.0. The second-order valence-corrected chi connectivity index (χ2v) is 4.93. The lowest BCUT2D eigenvalue weighted by Crippen LogP contribution is -2.22. The molecule has 21 heavy (non-hydrogen) atoms. The molecule has 1 N–H and O–H groups in total. The fraction of sp³-hybridized carbons (Fsp3) is 0.375. The number of rotatable bonds is 7. The van der Waals surface area contributed by atoms with Gasteiger partial charge < -0.3 is 10.1 Å². The molecule has 1 heterocycles. The first-order valence-corrected chi connectivity index (χ1v) is 7.20. The van der Waals surface area contributed by atoms with Crippen LogP contribution in [0.4, 0.5) is 5.69 Å².